The van der Waals surface area contributed by atoms with Crippen molar-refractivity contribution in [2.24, 2.45) is 16.8 Å². The van der Waals surface area contributed by atoms with Gasteiger partial charge in [0.2, 0.25) is 0 Å². The average molecular weight is 171 g/mol. The van der Waals surface area contributed by atoms with Gasteiger partial charge in [0, 0.05) is 5.71 Å². The summed E-state index contributed by atoms with van der Waals surface area (Å²) in [6.45, 7) is 1.99. The number of thiocarbonyl (C=S) groups is 1. The van der Waals surface area contributed by atoms with Gasteiger partial charge in [-0.05, 0) is 44.3 Å². The molecule has 4 heteroatoms. The Morgan fingerprint density at radius 1 is 1.73 bits per heavy atom. The van der Waals surface area contributed by atoms with Gasteiger partial charge in [-0.15, -0.1) is 0 Å². The Balaban J connectivity index is 2.20. The quantitative estimate of drug-likeness (QED) is 0.378. The van der Waals surface area contributed by atoms with Gasteiger partial charge in [0.1, 0.15) is 0 Å². The molecule has 0 aromatic carbocycles. The maximum atomic E-state index is 5.20. The van der Waals surface area contributed by atoms with Crippen LogP contribution in [0.2, 0.25) is 0 Å². The first-order valence-electron chi connectivity index (χ1n) is 3.77. The van der Waals surface area contributed by atoms with E-state index in [1.165, 1.54) is 12.8 Å². The highest BCUT2D eigenvalue weighted by atomic mass is 32.1. The van der Waals surface area contributed by atoms with Crippen molar-refractivity contribution in [3.8, 4) is 0 Å². The van der Waals surface area contributed by atoms with Crippen molar-refractivity contribution >= 4 is 23.0 Å². The fourth-order valence-corrected chi connectivity index (χ4v) is 0.982. The Kier molecular flexibility index (Phi) is 2.82. The van der Waals surface area contributed by atoms with Crippen LogP contribution in [-0.2, 0) is 0 Å². The van der Waals surface area contributed by atoms with Gasteiger partial charge in [-0.1, -0.05) is 0 Å². The Morgan fingerprint density at radius 2 is 2.36 bits per heavy atom. The SMILES string of the molecule is CC(CC1CC1)=NNC(N)=S. The standard InChI is InChI=1S/C7H13N3S/c1-5(4-6-2-3-6)9-10-7(8)11/h6H,2-4H2,1H3,(H3,8,10,11). The molecule has 0 unspecified atom stereocenters. The van der Waals surface area contributed by atoms with Gasteiger partial charge in [0.05, 0.1) is 0 Å². The van der Waals surface area contributed by atoms with Gasteiger partial charge in [-0.3, -0.25) is 5.43 Å². The molecule has 1 aliphatic carbocycles. The van der Waals surface area contributed by atoms with E-state index in [0.717, 1.165) is 18.1 Å². The van der Waals surface area contributed by atoms with E-state index in [0.29, 0.717) is 0 Å². The van der Waals surface area contributed by atoms with Gasteiger partial charge < -0.3 is 5.73 Å². The van der Waals surface area contributed by atoms with Crippen LogP contribution in [0.3, 0.4) is 0 Å². The van der Waals surface area contributed by atoms with Crippen molar-refractivity contribution < 1.29 is 0 Å². The highest BCUT2D eigenvalue weighted by Gasteiger charge is 2.21. The topological polar surface area (TPSA) is 50.4 Å². The third-order valence-electron chi connectivity index (χ3n) is 1.64. The minimum absolute atomic E-state index is 0.236. The van der Waals surface area contributed by atoms with Gasteiger partial charge in [-0.25, -0.2) is 0 Å². The number of hydrogen-bond donors (Lipinski definition) is 2. The molecule has 0 aromatic heterocycles. The average Bonchev–Trinajstić information content (AvgIpc) is 2.67. The molecule has 3 nitrogen and oxygen atoms in total. The fourth-order valence-electron chi connectivity index (χ4n) is 0.936. The molecule has 11 heavy (non-hydrogen) atoms. The smallest absolute Gasteiger partial charge is 0.184 e. The van der Waals surface area contributed by atoms with Crippen molar-refractivity contribution in [3.05, 3.63) is 0 Å². The number of hydrogen-bond acceptors (Lipinski definition) is 2. The van der Waals surface area contributed by atoms with E-state index in [4.69, 9.17) is 5.73 Å². The van der Waals surface area contributed by atoms with Crippen molar-refractivity contribution in [1.29, 1.82) is 0 Å². The van der Waals surface area contributed by atoms with E-state index in [9.17, 15) is 0 Å². The maximum absolute atomic E-state index is 5.20. The molecule has 0 amide bonds. The summed E-state index contributed by atoms with van der Waals surface area (Å²) in [5.74, 6) is 0.867. The number of nitrogens with one attached hydrogen (secondary N) is 1. The van der Waals surface area contributed by atoms with Crippen LogP contribution in [0.1, 0.15) is 26.2 Å². The largest absolute Gasteiger partial charge is 0.375 e. The molecule has 0 spiro atoms. The first kappa shape index (κ1) is 8.46. The van der Waals surface area contributed by atoms with Crippen LogP contribution in [0.4, 0.5) is 0 Å². The zero-order valence-electron chi connectivity index (χ0n) is 6.63. The fraction of sp³-hybridized carbons (Fsp3) is 0.714. The van der Waals surface area contributed by atoms with Crippen molar-refractivity contribution in [3.63, 3.8) is 0 Å². The third-order valence-corrected chi connectivity index (χ3v) is 1.73. The Morgan fingerprint density at radius 3 is 2.82 bits per heavy atom. The van der Waals surface area contributed by atoms with Crippen LogP contribution < -0.4 is 11.2 Å². The van der Waals surface area contributed by atoms with E-state index in [2.05, 4.69) is 22.7 Å². The lowest BCUT2D eigenvalue weighted by molar-refractivity contribution is 0.873. The van der Waals surface area contributed by atoms with Gasteiger partial charge in [0.15, 0.2) is 5.11 Å². The summed E-state index contributed by atoms with van der Waals surface area (Å²) in [5.41, 5.74) is 8.86. The molecule has 1 rings (SSSR count). The van der Waals surface area contributed by atoms with E-state index in [1.807, 2.05) is 6.92 Å². The molecule has 0 bridgehead atoms. The number of rotatable bonds is 3. The maximum Gasteiger partial charge on any atom is 0.184 e. The summed E-state index contributed by atoms with van der Waals surface area (Å²) in [4.78, 5) is 0. The van der Waals surface area contributed by atoms with Crippen LogP contribution in [0, 0.1) is 5.92 Å². The Labute approximate surface area is 72.0 Å². The zero-order chi connectivity index (χ0) is 8.27. The first-order chi connectivity index (χ1) is 5.18. The van der Waals surface area contributed by atoms with Crippen molar-refractivity contribution in [2.45, 2.75) is 26.2 Å². The summed E-state index contributed by atoms with van der Waals surface area (Å²) in [7, 11) is 0. The molecule has 0 aliphatic heterocycles. The molecule has 1 aliphatic rings. The Hall–Kier alpha value is -0.640. The second-order valence-corrected chi connectivity index (χ2v) is 3.41. The molecule has 3 N–H and O–H groups in total. The lowest BCUT2D eigenvalue weighted by Gasteiger charge is -1.98. The minimum Gasteiger partial charge on any atom is -0.375 e. The molecule has 0 atom stereocenters. The van der Waals surface area contributed by atoms with Gasteiger partial charge >= 0.3 is 0 Å². The third kappa shape index (κ3) is 3.93. The number of nitrogens with two attached hydrogens (primary N) is 1. The summed E-state index contributed by atoms with van der Waals surface area (Å²) >= 11 is 4.60. The van der Waals surface area contributed by atoms with Crippen molar-refractivity contribution in [2.75, 3.05) is 0 Å². The lowest BCUT2D eigenvalue weighted by atomic mass is 10.2. The summed E-state index contributed by atoms with van der Waals surface area (Å²) in [6, 6.07) is 0. The van der Waals surface area contributed by atoms with E-state index in [1.54, 1.807) is 0 Å². The van der Waals surface area contributed by atoms with Crippen LogP contribution in [0.25, 0.3) is 0 Å². The molecule has 0 saturated heterocycles. The monoisotopic (exact) mass is 171 g/mol. The number of nitrogens with zero attached hydrogens (tertiary/aromatic N) is 1. The summed E-state index contributed by atoms with van der Waals surface area (Å²) in [5, 5.41) is 4.24. The second-order valence-electron chi connectivity index (χ2n) is 2.97. The highest BCUT2D eigenvalue weighted by Crippen LogP contribution is 2.32. The first-order valence-corrected chi connectivity index (χ1v) is 4.18. The molecule has 0 radical (unpaired) electrons. The van der Waals surface area contributed by atoms with Gasteiger partial charge in [0.25, 0.3) is 0 Å². The molecule has 62 valence electrons. The summed E-state index contributed by atoms with van der Waals surface area (Å²) < 4.78 is 0. The molecule has 0 heterocycles. The van der Waals surface area contributed by atoms with Crippen LogP contribution in [0.15, 0.2) is 5.10 Å². The van der Waals surface area contributed by atoms with Crippen LogP contribution in [0.5, 0.6) is 0 Å². The number of hydrazone groups is 1. The Bertz CT molecular complexity index is 184. The molecular formula is C7H13N3S. The highest BCUT2D eigenvalue weighted by molar-refractivity contribution is 7.80. The second kappa shape index (κ2) is 3.67. The molecule has 0 aromatic rings. The van der Waals surface area contributed by atoms with Crippen molar-refractivity contribution in [1.82, 2.24) is 5.43 Å². The van der Waals surface area contributed by atoms with Gasteiger partial charge in [-0.2, -0.15) is 5.10 Å². The van der Waals surface area contributed by atoms with Crippen LogP contribution in [-0.4, -0.2) is 10.8 Å². The predicted molar refractivity (Wildman–Crippen MR) is 50.4 cm³/mol. The van der Waals surface area contributed by atoms with E-state index < -0.39 is 0 Å². The van der Waals surface area contributed by atoms with E-state index in [-0.39, 0.29) is 5.11 Å². The normalized spacial score (nSPS) is 18.1. The van der Waals surface area contributed by atoms with E-state index >= 15 is 0 Å². The minimum atomic E-state index is 0.236. The molecular weight excluding hydrogens is 158 g/mol. The summed E-state index contributed by atoms with van der Waals surface area (Å²) in [6.07, 6.45) is 3.77. The molecule has 1 fully saturated rings. The van der Waals surface area contributed by atoms with Crippen LogP contribution >= 0.6 is 12.2 Å². The lowest BCUT2D eigenvalue weighted by Crippen LogP contribution is -2.25. The predicted octanol–water partition coefficient (Wildman–Crippen LogP) is 0.996. The molecule has 1 saturated carbocycles. The zero-order valence-corrected chi connectivity index (χ0v) is 7.45.